The van der Waals surface area contributed by atoms with Gasteiger partial charge in [-0.25, -0.2) is 8.42 Å². The summed E-state index contributed by atoms with van der Waals surface area (Å²) >= 11 is 0. The second-order valence-corrected chi connectivity index (χ2v) is 6.18. The van der Waals surface area contributed by atoms with Crippen molar-refractivity contribution in [3.8, 4) is 0 Å². The highest BCUT2D eigenvalue weighted by Crippen LogP contribution is 2.18. The minimum absolute atomic E-state index is 0.180. The van der Waals surface area contributed by atoms with Gasteiger partial charge in [0.05, 0.1) is 17.2 Å². The molecule has 0 saturated heterocycles. The van der Waals surface area contributed by atoms with Crippen molar-refractivity contribution >= 4 is 15.6 Å². The lowest BCUT2D eigenvalue weighted by Gasteiger charge is -2.09. The van der Waals surface area contributed by atoms with Crippen molar-refractivity contribution in [3.05, 3.63) is 54.0 Å². The van der Waals surface area contributed by atoms with E-state index in [1.807, 2.05) is 0 Å². The van der Waals surface area contributed by atoms with Crippen molar-refractivity contribution in [3.63, 3.8) is 0 Å². The first-order valence-corrected chi connectivity index (χ1v) is 7.42. The number of carbonyl (C=O) groups excluding carboxylic acids is 1. The summed E-state index contributed by atoms with van der Waals surface area (Å²) in [4.78, 5) is 12.1. The summed E-state index contributed by atoms with van der Waals surface area (Å²) in [5, 5.41) is 0. The molecular weight excluding hydrogens is 266 g/mol. The molecule has 1 aromatic carbocycles. The van der Waals surface area contributed by atoms with Crippen LogP contribution >= 0.6 is 0 Å². The van der Waals surface area contributed by atoms with E-state index in [9.17, 15) is 13.2 Å². The van der Waals surface area contributed by atoms with Gasteiger partial charge in [0.1, 0.15) is 0 Å². The normalized spacial score (nSPS) is 13.2. The summed E-state index contributed by atoms with van der Waals surface area (Å²) in [5.41, 5.74) is 6.37. The Morgan fingerprint density at radius 2 is 1.84 bits per heavy atom. The number of benzene rings is 1. The molecule has 0 aliphatic carbocycles. The van der Waals surface area contributed by atoms with Crippen LogP contribution in [0.25, 0.3) is 0 Å². The highest BCUT2D eigenvalue weighted by atomic mass is 32.2. The van der Waals surface area contributed by atoms with Crippen molar-refractivity contribution in [1.29, 1.82) is 0 Å². The Morgan fingerprint density at radius 3 is 2.32 bits per heavy atom. The van der Waals surface area contributed by atoms with Crippen molar-refractivity contribution in [1.82, 2.24) is 0 Å². The molecule has 0 bridgehead atoms. The zero-order valence-electron chi connectivity index (χ0n) is 10.2. The first-order valence-electron chi connectivity index (χ1n) is 5.53. The number of ketones is 1. The van der Waals surface area contributed by atoms with Crippen LogP contribution in [0, 0.1) is 0 Å². The van der Waals surface area contributed by atoms with Gasteiger partial charge in [0.25, 0.3) is 0 Å². The van der Waals surface area contributed by atoms with Crippen LogP contribution < -0.4 is 5.73 Å². The van der Waals surface area contributed by atoms with E-state index >= 15 is 0 Å². The van der Waals surface area contributed by atoms with E-state index in [-0.39, 0.29) is 16.4 Å². The third-order valence-electron chi connectivity index (χ3n) is 2.71. The quantitative estimate of drug-likeness (QED) is 0.858. The topological polar surface area (TPSA) is 90.4 Å². The number of hydrogen-bond donors (Lipinski definition) is 1. The van der Waals surface area contributed by atoms with Gasteiger partial charge in [-0.3, -0.25) is 4.79 Å². The van der Waals surface area contributed by atoms with Gasteiger partial charge in [-0.05, 0) is 29.8 Å². The lowest BCUT2D eigenvalue weighted by molar-refractivity contribution is 0.0934. The van der Waals surface area contributed by atoms with Gasteiger partial charge in [0, 0.05) is 6.26 Å². The van der Waals surface area contributed by atoms with Gasteiger partial charge in [-0.1, -0.05) is 12.1 Å². The molecule has 0 saturated carbocycles. The maximum atomic E-state index is 12.0. The Kier molecular flexibility index (Phi) is 3.55. The Morgan fingerprint density at radius 1 is 1.21 bits per heavy atom. The Bertz CT molecular complexity index is 672. The Labute approximate surface area is 111 Å². The van der Waals surface area contributed by atoms with Crippen LogP contribution in [0.2, 0.25) is 0 Å². The standard InChI is InChI=1S/C13H13NO4S/c1-19(16,17)10-6-4-9(5-7-10)12(14)13(15)11-3-2-8-18-11/h2-8,12H,14H2,1H3. The third-order valence-corrected chi connectivity index (χ3v) is 3.84. The minimum Gasteiger partial charge on any atom is -0.461 e. The molecule has 0 aliphatic heterocycles. The molecule has 2 N–H and O–H groups in total. The van der Waals surface area contributed by atoms with Gasteiger partial charge in [-0.2, -0.15) is 0 Å². The summed E-state index contributed by atoms with van der Waals surface area (Å²) in [6.45, 7) is 0. The second-order valence-electron chi connectivity index (χ2n) is 4.16. The Hall–Kier alpha value is -1.92. The van der Waals surface area contributed by atoms with Crippen LogP contribution in [0.3, 0.4) is 0 Å². The molecule has 0 fully saturated rings. The van der Waals surface area contributed by atoms with Gasteiger partial charge >= 0.3 is 0 Å². The van der Waals surface area contributed by atoms with Crippen LogP contribution in [-0.2, 0) is 9.84 Å². The van der Waals surface area contributed by atoms with Crippen molar-refractivity contribution in [2.75, 3.05) is 6.26 Å². The molecule has 2 rings (SSSR count). The first-order chi connectivity index (χ1) is 8.89. The average molecular weight is 279 g/mol. The minimum atomic E-state index is -3.25. The molecular formula is C13H13NO4S. The number of nitrogens with two attached hydrogens (primary N) is 1. The van der Waals surface area contributed by atoms with E-state index in [2.05, 4.69) is 0 Å². The predicted molar refractivity (Wildman–Crippen MR) is 69.5 cm³/mol. The number of carbonyl (C=O) groups is 1. The van der Waals surface area contributed by atoms with Crippen LogP contribution in [0.5, 0.6) is 0 Å². The van der Waals surface area contributed by atoms with Crippen LogP contribution in [0.1, 0.15) is 22.2 Å². The lowest BCUT2D eigenvalue weighted by Crippen LogP contribution is -2.21. The summed E-state index contributed by atoms with van der Waals surface area (Å²) in [5.74, 6) is -0.170. The summed E-state index contributed by atoms with van der Waals surface area (Å²) in [6, 6.07) is 8.18. The molecule has 0 spiro atoms. The second kappa shape index (κ2) is 4.99. The third kappa shape index (κ3) is 2.91. The fraction of sp³-hybridized carbons (Fsp3) is 0.154. The largest absolute Gasteiger partial charge is 0.461 e. The zero-order valence-corrected chi connectivity index (χ0v) is 11.1. The van der Waals surface area contributed by atoms with Crippen molar-refractivity contribution < 1.29 is 17.6 Å². The van der Waals surface area contributed by atoms with Gasteiger partial charge in [-0.15, -0.1) is 0 Å². The number of Topliss-reactive ketones (excluding diaryl/α,β-unsaturated/α-hetero) is 1. The van der Waals surface area contributed by atoms with Gasteiger partial charge < -0.3 is 10.2 Å². The van der Waals surface area contributed by atoms with E-state index in [1.54, 1.807) is 6.07 Å². The molecule has 19 heavy (non-hydrogen) atoms. The highest BCUT2D eigenvalue weighted by molar-refractivity contribution is 7.90. The summed E-state index contributed by atoms with van der Waals surface area (Å²) in [7, 11) is -3.25. The molecule has 2 aromatic rings. The number of furan rings is 1. The SMILES string of the molecule is CS(=O)(=O)c1ccc(C(N)C(=O)c2ccco2)cc1. The molecule has 0 radical (unpaired) electrons. The van der Waals surface area contributed by atoms with E-state index in [0.29, 0.717) is 5.56 Å². The molecule has 1 atom stereocenters. The highest BCUT2D eigenvalue weighted by Gasteiger charge is 2.20. The number of rotatable bonds is 4. The van der Waals surface area contributed by atoms with Gasteiger partial charge in [0.2, 0.25) is 5.78 Å². The monoisotopic (exact) mass is 279 g/mol. The maximum Gasteiger partial charge on any atom is 0.219 e. The smallest absolute Gasteiger partial charge is 0.219 e. The van der Waals surface area contributed by atoms with Crippen LogP contribution in [-0.4, -0.2) is 20.5 Å². The first kappa shape index (κ1) is 13.5. The average Bonchev–Trinajstić information content (AvgIpc) is 2.90. The number of sulfone groups is 1. The maximum absolute atomic E-state index is 12.0. The van der Waals surface area contributed by atoms with Crippen molar-refractivity contribution in [2.45, 2.75) is 10.9 Å². The number of hydrogen-bond acceptors (Lipinski definition) is 5. The summed E-state index contributed by atoms with van der Waals surface area (Å²) in [6.07, 6.45) is 2.52. The lowest BCUT2D eigenvalue weighted by atomic mass is 10.0. The molecule has 100 valence electrons. The fourth-order valence-corrected chi connectivity index (χ4v) is 2.28. The van der Waals surface area contributed by atoms with Gasteiger partial charge in [0.15, 0.2) is 15.6 Å². The van der Waals surface area contributed by atoms with E-state index in [0.717, 1.165) is 6.26 Å². The van der Waals surface area contributed by atoms with E-state index < -0.39 is 15.9 Å². The molecule has 0 aliphatic rings. The Balaban J connectivity index is 2.25. The fourth-order valence-electron chi connectivity index (χ4n) is 1.65. The molecule has 5 nitrogen and oxygen atoms in total. The van der Waals surface area contributed by atoms with Crippen LogP contribution in [0.4, 0.5) is 0 Å². The molecule has 1 heterocycles. The molecule has 0 amide bonds. The van der Waals surface area contributed by atoms with Crippen molar-refractivity contribution in [2.24, 2.45) is 5.73 Å². The molecule has 1 unspecified atom stereocenters. The molecule has 6 heteroatoms. The van der Waals surface area contributed by atoms with E-state index in [1.165, 1.54) is 36.6 Å². The molecule has 1 aromatic heterocycles. The summed E-state index contributed by atoms with van der Waals surface area (Å²) < 4.78 is 27.6. The van der Waals surface area contributed by atoms with E-state index in [4.69, 9.17) is 10.2 Å². The van der Waals surface area contributed by atoms with Crippen LogP contribution in [0.15, 0.2) is 52.0 Å². The predicted octanol–water partition coefficient (Wildman–Crippen LogP) is 1.57. The zero-order chi connectivity index (χ0) is 14.0.